The number of hydrogen-bond acceptors (Lipinski definition) is 7. The van der Waals surface area contributed by atoms with Gasteiger partial charge in [-0.2, -0.15) is 4.98 Å². The Morgan fingerprint density at radius 1 is 1.44 bits per heavy atom. The lowest BCUT2D eigenvalue weighted by molar-refractivity contribution is 0.0610. The Kier molecular flexibility index (Phi) is 3.35. The summed E-state index contributed by atoms with van der Waals surface area (Å²) in [6.07, 6.45) is 1.84. The first-order valence-electron chi connectivity index (χ1n) is 5.55. The number of nitrogens with two attached hydrogens (primary N) is 1. The normalized spacial score (nSPS) is 14.4. The Morgan fingerprint density at radius 2 is 2.22 bits per heavy atom. The molecule has 96 valence electrons. The number of aromatic nitrogens is 4. The predicted octanol–water partition coefficient (Wildman–Crippen LogP) is 0.0872. The van der Waals surface area contributed by atoms with E-state index in [9.17, 15) is 5.11 Å². The maximum Gasteiger partial charge on any atom is 0.229 e. The van der Waals surface area contributed by atoms with Crippen LogP contribution in [-0.2, 0) is 6.42 Å². The standard InChI is InChI=1S/C11H15N5O2/c1-7-13-4-3-8(14-7)10-15-9(18-16-10)5-11(2,17)6-12/h3-4,17H,5-6,12H2,1-2H3. The molecule has 0 aliphatic rings. The highest BCUT2D eigenvalue weighted by atomic mass is 16.5. The first-order chi connectivity index (χ1) is 8.50. The molecular weight excluding hydrogens is 234 g/mol. The van der Waals surface area contributed by atoms with E-state index in [0.29, 0.717) is 23.2 Å². The van der Waals surface area contributed by atoms with Gasteiger partial charge in [-0.25, -0.2) is 9.97 Å². The Labute approximate surface area is 104 Å². The molecule has 2 heterocycles. The van der Waals surface area contributed by atoms with Gasteiger partial charge in [0, 0.05) is 12.7 Å². The van der Waals surface area contributed by atoms with Crippen LogP contribution in [0.5, 0.6) is 0 Å². The van der Waals surface area contributed by atoms with E-state index in [1.54, 1.807) is 26.1 Å². The fraction of sp³-hybridized carbons (Fsp3) is 0.455. The van der Waals surface area contributed by atoms with Crippen molar-refractivity contribution in [2.45, 2.75) is 25.9 Å². The average molecular weight is 249 g/mol. The van der Waals surface area contributed by atoms with Crippen LogP contribution in [0.2, 0.25) is 0 Å². The number of rotatable bonds is 4. The lowest BCUT2D eigenvalue weighted by atomic mass is 10.0. The van der Waals surface area contributed by atoms with Crippen molar-refractivity contribution < 1.29 is 9.63 Å². The molecule has 0 aliphatic heterocycles. The molecule has 3 N–H and O–H groups in total. The van der Waals surface area contributed by atoms with Crippen LogP contribution in [-0.4, -0.2) is 37.4 Å². The highest BCUT2D eigenvalue weighted by Crippen LogP contribution is 2.15. The van der Waals surface area contributed by atoms with Crippen molar-refractivity contribution in [3.8, 4) is 11.5 Å². The van der Waals surface area contributed by atoms with Crippen molar-refractivity contribution in [3.05, 3.63) is 24.0 Å². The van der Waals surface area contributed by atoms with Gasteiger partial charge in [0.2, 0.25) is 11.7 Å². The smallest absolute Gasteiger partial charge is 0.229 e. The summed E-state index contributed by atoms with van der Waals surface area (Å²) < 4.78 is 5.06. The summed E-state index contributed by atoms with van der Waals surface area (Å²) in [5.41, 5.74) is 4.97. The van der Waals surface area contributed by atoms with E-state index in [-0.39, 0.29) is 13.0 Å². The minimum atomic E-state index is -1.05. The van der Waals surface area contributed by atoms with Crippen molar-refractivity contribution in [3.63, 3.8) is 0 Å². The van der Waals surface area contributed by atoms with Crippen LogP contribution in [0.3, 0.4) is 0 Å². The van der Waals surface area contributed by atoms with Crippen LogP contribution in [0.1, 0.15) is 18.6 Å². The highest BCUT2D eigenvalue weighted by molar-refractivity contribution is 5.46. The minimum Gasteiger partial charge on any atom is -0.388 e. The molecule has 2 aromatic rings. The van der Waals surface area contributed by atoms with Crippen molar-refractivity contribution in [2.24, 2.45) is 5.73 Å². The molecule has 1 atom stereocenters. The van der Waals surface area contributed by atoms with E-state index in [1.165, 1.54) is 0 Å². The molecule has 18 heavy (non-hydrogen) atoms. The quantitative estimate of drug-likeness (QED) is 0.789. The van der Waals surface area contributed by atoms with Gasteiger partial charge >= 0.3 is 0 Å². The summed E-state index contributed by atoms with van der Waals surface area (Å²) in [7, 11) is 0. The molecule has 0 saturated heterocycles. The van der Waals surface area contributed by atoms with Crippen LogP contribution in [0, 0.1) is 6.92 Å². The van der Waals surface area contributed by atoms with Gasteiger partial charge in [0.25, 0.3) is 0 Å². The van der Waals surface area contributed by atoms with E-state index >= 15 is 0 Å². The maximum absolute atomic E-state index is 9.82. The van der Waals surface area contributed by atoms with Crippen molar-refractivity contribution in [1.82, 2.24) is 20.1 Å². The van der Waals surface area contributed by atoms with E-state index in [2.05, 4.69) is 20.1 Å². The topological polar surface area (TPSA) is 111 Å². The van der Waals surface area contributed by atoms with E-state index < -0.39 is 5.60 Å². The third-order valence-corrected chi connectivity index (χ3v) is 2.45. The Balaban J connectivity index is 2.21. The molecule has 0 bridgehead atoms. The summed E-state index contributed by atoms with van der Waals surface area (Å²) in [5.74, 6) is 1.34. The third-order valence-electron chi connectivity index (χ3n) is 2.45. The van der Waals surface area contributed by atoms with E-state index in [0.717, 1.165) is 0 Å². The molecule has 7 heteroatoms. The minimum absolute atomic E-state index is 0.122. The molecule has 0 fully saturated rings. The molecule has 1 unspecified atom stereocenters. The molecule has 0 aromatic carbocycles. The second kappa shape index (κ2) is 4.79. The second-order valence-electron chi connectivity index (χ2n) is 4.38. The van der Waals surface area contributed by atoms with Gasteiger partial charge in [0.1, 0.15) is 11.5 Å². The molecule has 0 aliphatic carbocycles. The molecule has 0 radical (unpaired) electrons. The van der Waals surface area contributed by atoms with Crippen molar-refractivity contribution >= 4 is 0 Å². The predicted molar refractivity (Wildman–Crippen MR) is 63.4 cm³/mol. The van der Waals surface area contributed by atoms with Gasteiger partial charge < -0.3 is 15.4 Å². The van der Waals surface area contributed by atoms with Crippen LogP contribution >= 0.6 is 0 Å². The summed E-state index contributed by atoms with van der Waals surface area (Å²) in [4.78, 5) is 12.4. The van der Waals surface area contributed by atoms with Gasteiger partial charge in [0.15, 0.2) is 0 Å². The zero-order valence-electron chi connectivity index (χ0n) is 10.3. The van der Waals surface area contributed by atoms with E-state index in [1.807, 2.05) is 0 Å². The van der Waals surface area contributed by atoms with Crippen LogP contribution in [0.25, 0.3) is 11.5 Å². The van der Waals surface area contributed by atoms with Crippen molar-refractivity contribution in [2.75, 3.05) is 6.54 Å². The molecule has 0 amide bonds. The first-order valence-corrected chi connectivity index (χ1v) is 5.55. The highest BCUT2D eigenvalue weighted by Gasteiger charge is 2.23. The van der Waals surface area contributed by atoms with E-state index in [4.69, 9.17) is 10.3 Å². The Morgan fingerprint density at radius 3 is 2.89 bits per heavy atom. The van der Waals surface area contributed by atoms with Gasteiger partial charge in [-0.05, 0) is 19.9 Å². The lowest BCUT2D eigenvalue weighted by Crippen LogP contribution is -2.36. The summed E-state index contributed by atoms with van der Waals surface area (Å²) >= 11 is 0. The molecule has 2 rings (SSSR count). The average Bonchev–Trinajstić information content (AvgIpc) is 2.77. The summed E-state index contributed by atoms with van der Waals surface area (Å²) in [6, 6.07) is 1.70. The van der Waals surface area contributed by atoms with Crippen LogP contribution in [0.15, 0.2) is 16.8 Å². The largest absolute Gasteiger partial charge is 0.388 e. The first kappa shape index (κ1) is 12.6. The fourth-order valence-electron chi connectivity index (χ4n) is 1.41. The van der Waals surface area contributed by atoms with Gasteiger partial charge in [-0.15, -0.1) is 0 Å². The number of aliphatic hydroxyl groups is 1. The molecule has 0 spiro atoms. The van der Waals surface area contributed by atoms with Crippen LogP contribution in [0.4, 0.5) is 0 Å². The number of nitrogens with zero attached hydrogens (tertiary/aromatic N) is 4. The third kappa shape index (κ3) is 2.88. The van der Waals surface area contributed by atoms with Crippen molar-refractivity contribution in [1.29, 1.82) is 0 Å². The monoisotopic (exact) mass is 249 g/mol. The number of hydrogen-bond donors (Lipinski definition) is 2. The second-order valence-corrected chi connectivity index (χ2v) is 4.38. The number of aryl methyl sites for hydroxylation is 1. The van der Waals surface area contributed by atoms with Gasteiger partial charge in [-0.3, -0.25) is 0 Å². The summed E-state index contributed by atoms with van der Waals surface area (Å²) in [5, 5.41) is 13.6. The molecule has 7 nitrogen and oxygen atoms in total. The molecule has 0 saturated carbocycles. The zero-order valence-corrected chi connectivity index (χ0v) is 10.3. The van der Waals surface area contributed by atoms with Gasteiger partial charge in [0.05, 0.1) is 12.0 Å². The van der Waals surface area contributed by atoms with Crippen LogP contribution < -0.4 is 5.73 Å². The Hall–Kier alpha value is -1.86. The zero-order chi connectivity index (χ0) is 13.2. The molecular formula is C11H15N5O2. The Bertz CT molecular complexity index is 538. The SMILES string of the molecule is Cc1nccc(-c2noc(CC(C)(O)CN)n2)n1. The maximum atomic E-state index is 9.82. The lowest BCUT2D eigenvalue weighted by Gasteiger charge is -2.17. The molecule has 2 aromatic heterocycles. The fourth-order valence-corrected chi connectivity index (χ4v) is 1.41. The van der Waals surface area contributed by atoms with Gasteiger partial charge in [-0.1, -0.05) is 5.16 Å². The summed E-state index contributed by atoms with van der Waals surface area (Å²) in [6.45, 7) is 3.52.